The number of aliphatic hydroxyl groups excluding tert-OH is 1. The molecule has 1 N–H and O–H groups in total. The predicted molar refractivity (Wildman–Crippen MR) is 98.4 cm³/mol. The molecule has 27 heavy (non-hydrogen) atoms. The number of aromatic nitrogens is 2. The van der Waals surface area contributed by atoms with Crippen molar-refractivity contribution in [2.24, 2.45) is 0 Å². The molecule has 1 heterocycles. The number of hydrogen-bond donors (Lipinski definition) is 1. The molecule has 2 atom stereocenters. The third kappa shape index (κ3) is 5.97. The van der Waals surface area contributed by atoms with Gasteiger partial charge >= 0.3 is 0 Å². The van der Waals surface area contributed by atoms with Gasteiger partial charge in [0, 0.05) is 5.75 Å². The van der Waals surface area contributed by atoms with Crippen molar-refractivity contribution >= 4 is 11.8 Å². The molecule has 0 saturated carbocycles. The molecule has 0 fully saturated rings. The summed E-state index contributed by atoms with van der Waals surface area (Å²) in [6, 6.07) is 15.0. The van der Waals surface area contributed by atoms with Gasteiger partial charge in [0.05, 0.1) is 6.10 Å². The molecular weight excluding hydrogens is 371 g/mol. The number of benzene rings is 2. The second-order valence-electron chi connectivity index (χ2n) is 5.71. The van der Waals surface area contributed by atoms with Crippen LogP contribution in [0.1, 0.15) is 18.9 Å². The van der Waals surface area contributed by atoms with E-state index in [9.17, 15) is 9.50 Å². The van der Waals surface area contributed by atoms with Crippen molar-refractivity contribution in [1.29, 1.82) is 0 Å². The third-order valence-electron chi connectivity index (χ3n) is 3.48. The minimum atomic E-state index is -0.682. The monoisotopic (exact) mass is 390 g/mol. The minimum absolute atomic E-state index is 0.169. The Kier molecular flexibility index (Phi) is 6.67. The number of ether oxygens (including phenoxy) is 2. The second-order valence-corrected chi connectivity index (χ2v) is 6.68. The molecule has 0 saturated heterocycles. The number of hydrogen-bond acceptors (Lipinski definition) is 7. The molecule has 3 aromatic rings. The summed E-state index contributed by atoms with van der Waals surface area (Å²) in [5.41, 5.74) is 0. The number of halogens is 1. The summed E-state index contributed by atoms with van der Waals surface area (Å²) in [5.74, 6) is 1.53. The smallest absolute Gasteiger partial charge is 0.276 e. The lowest BCUT2D eigenvalue weighted by Crippen LogP contribution is -2.20. The molecule has 0 aliphatic heterocycles. The Morgan fingerprint density at radius 2 is 1.81 bits per heavy atom. The van der Waals surface area contributed by atoms with E-state index in [-0.39, 0.29) is 12.4 Å². The molecule has 0 spiro atoms. The molecule has 142 valence electrons. The molecule has 2 aromatic carbocycles. The highest BCUT2D eigenvalue weighted by molar-refractivity contribution is 7.99. The van der Waals surface area contributed by atoms with Crippen molar-refractivity contribution in [3.8, 4) is 11.5 Å². The van der Waals surface area contributed by atoms with Crippen LogP contribution in [0.25, 0.3) is 0 Å². The van der Waals surface area contributed by atoms with Gasteiger partial charge in [-0.1, -0.05) is 30.0 Å². The summed E-state index contributed by atoms with van der Waals surface area (Å²) >= 11 is 1.23. The van der Waals surface area contributed by atoms with Gasteiger partial charge in [-0.3, -0.25) is 0 Å². The molecule has 3 rings (SSSR count). The summed E-state index contributed by atoms with van der Waals surface area (Å²) in [6.45, 7) is 1.93. The van der Waals surface area contributed by atoms with Gasteiger partial charge in [0.1, 0.15) is 23.9 Å². The van der Waals surface area contributed by atoms with Crippen molar-refractivity contribution in [2.45, 2.75) is 24.4 Å². The van der Waals surface area contributed by atoms with Crippen molar-refractivity contribution in [3.05, 3.63) is 66.3 Å². The lowest BCUT2D eigenvalue weighted by atomic mass is 10.3. The average molecular weight is 390 g/mol. The van der Waals surface area contributed by atoms with E-state index < -0.39 is 12.2 Å². The molecule has 0 radical (unpaired) electrons. The van der Waals surface area contributed by atoms with Crippen molar-refractivity contribution in [2.75, 3.05) is 12.4 Å². The maximum atomic E-state index is 12.9. The van der Waals surface area contributed by atoms with Gasteiger partial charge in [-0.25, -0.2) is 4.39 Å². The average Bonchev–Trinajstić information content (AvgIpc) is 3.16. The highest BCUT2D eigenvalue weighted by Gasteiger charge is 2.17. The van der Waals surface area contributed by atoms with Crippen LogP contribution in [0.15, 0.2) is 64.2 Å². The van der Waals surface area contributed by atoms with E-state index in [1.54, 1.807) is 6.92 Å². The van der Waals surface area contributed by atoms with Gasteiger partial charge in [-0.15, -0.1) is 10.2 Å². The fourth-order valence-corrected chi connectivity index (χ4v) is 2.81. The quantitative estimate of drug-likeness (QED) is 0.556. The van der Waals surface area contributed by atoms with E-state index in [0.717, 1.165) is 0 Å². The van der Waals surface area contributed by atoms with Gasteiger partial charge in [0.15, 0.2) is 6.10 Å². The Bertz CT molecular complexity index is 829. The van der Waals surface area contributed by atoms with Crippen LogP contribution < -0.4 is 9.47 Å². The maximum Gasteiger partial charge on any atom is 0.276 e. The van der Waals surface area contributed by atoms with Gasteiger partial charge in [-0.05, 0) is 43.3 Å². The van der Waals surface area contributed by atoms with Crippen LogP contribution in [0, 0.1) is 5.82 Å². The predicted octanol–water partition coefficient (Wildman–Crippen LogP) is 3.88. The zero-order valence-electron chi connectivity index (χ0n) is 14.6. The zero-order valence-corrected chi connectivity index (χ0v) is 15.4. The molecular formula is C19H19FN2O4S. The van der Waals surface area contributed by atoms with Crippen LogP contribution in [-0.2, 0) is 0 Å². The first-order chi connectivity index (χ1) is 13.1. The third-order valence-corrected chi connectivity index (χ3v) is 4.44. The van der Waals surface area contributed by atoms with E-state index >= 15 is 0 Å². The first-order valence-electron chi connectivity index (χ1n) is 8.34. The first kappa shape index (κ1) is 19.2. The second kappa shape index (κ2) is 9.38. The lowest BCUT2D eigenvalue weighted by molar-refractivity contribution is 0.126. The van der Waals surface area contributed by atoms with Crippen LogP contribution in [0.3, 0.4) is 0 Å². The van der Waals surface area contributed by atoms with E-state index in [1.165, 1.54) is 36.0 Å². The van der Waals surface area contributed by atoms with Crippen LogP contribution in [0.4, 0.5) is 4.39 Å². The Balaban J connectivity index is 1.45. The van der Waals surface area contributed by atoms with Crippen LogP contribution in [0.2, 0.25) is 0 Å². The van der Waals surface area contributed by atoms with Crippen molar-refractivity contribution in [3.63, 3.8) is 0 Å². The summed E-state index contributed by atoms with van der Waals surface area (Å²) in [7, 11) is 0. The fourth-order valence-electron chi connectivity index (χ4n) is 2.14. The van der Waals surface area contributed by atoms with Crippen LogP contribution in [-0.4, -0.2) is 33.8 Å². The van der Waals surface area contributed by atoms with Crippen molar-refractivity contribution in [1.82, 2.24) is 10.2 Å². The zero-order chi connectivity index (χ0) is 19.1. The van der Waals surface area contributed by atoms with Gasteiger partial charge in [0.25, 0.3) is 11.1 Å². The van der Waals surface area contributed by atoms with Gasteiger partial charge in [-0.2, -0.15) is 0 Å². The standard InChI is InChI=1S/C19H19FN2O4S/c1-13(25-17-9-7-14(20)8-10-17)18-21-22-19(26-18)27-12-15(23)11-24-16-5-3-2-4-6-16/h2-10,13,15,23H,11-12H2,1H3/t13-,15+/m1/s1. The molecule has 0 amide bonds. The Labute approximate surface area is 160 Å². The molecule has 0 bridgehead atoms. The minimum Gasteiger partial charge on any atom is -0.491 e. The van der Waals surface area contributed by atoms with E-state index in [0.29, 0.717) is 28.4 Å². The highest BCUT2D eigenvalue weighted by atomic mass is 32.2. The lowest BCUT2D eigenvalue weighted by Gasteiger charge is -2.11. The fraction of sp³-hybridized carbons (Fsp3) is 0.263. The summed E-state index contributed by atoms with van der Waals surface area (Å²) < 4.78 is 29.6. The number of thioether (sulfide) groups is 1. The first-order valence-corrected chi connectivity index (χ1v) is 9.33. The summed E-state index contributed by atoms with van der Waals surface area (Å²) in [5, 5.41) is 18.2. The SMILES string of the molecule is C[C@@H](Oc1ccc(F)cc1)c1nnc(SC[C@@H](O)COc2ccccc2)o1. The normalized spacial score (nSPS) is 13.1. The molecule has 1 aromatic heterocycles. The number of nitrogens with zero attached hydrogens (tertiary/aromatic N) is 2. The molecule has 0 aliphatic carbocycles. The van der Waals surface area contributed by atoms with Gasteiger partial charge in [0.2, 0.25) is 0 Å². The van der Waals surface area contributed by atoms with Gasteiger partial charge < -0.3 is 19.0 Å². The highest BCUT2D eigenvalue weighted by Crippen LogP contribution is 2.24. The number of rotatable bonds is 9. The van der Waals surface area contributed by atoms with Crippen LogP contribution >= 0.6 is 11.8 Å². The van der Waals surface area contributed by atoms with E-state index in [2.05, 4.69) is 10.2 Å². The molecule has 0 unspecified atom stereocenters. The number of aliphatic hydroxyl groups is 1. The molecule has 0 aliphatic rings. The number of para-hydroxylation sites is 1. The Morgan fingerprint density at radius 1 is 1.07 bits per heavy atom. The largest absolute Gasteiger partial charge is 0.491 e. The molecule has 8 heteroatoms. The topological polar surface area (TPSA) is 77.6 Å². The van der Waals surface area contributed by atoms with Crippen LogP contribution in [0.5, 0.6) is 11.5 Å². The van der Waals surface area contributed by atoms with E-state index in [4.69, 9.17) is 13.9 Å². The van der Waals surface area contributed by atoms with E-state index in [1.807, 2.05) is 30.3 Å². The van der Waals surface area contributed by atoms with Crippen molar-refractivity contribution < 1.29 is 23.4 Å². The Morgan fingerprint density at radius 3 is 2.56 bits per heavy atom. The summed E-state index contributed by atoms with van der Waals surface area (Å²) in [6.07, 6.45) is -1.16. The maximum absolute atomic E-state index is 12.9. The summed E-state index contributed by atoms with van der Waals surface area (Å²) in [4.78, 5) is 0. The molecule has 6 nitrogen and oxygen atoms in total. The Hall–Kier alpha value is -2.58.